The van der Waals surface area contributed by atoms with Crippen LogP contribution >= 0.6 is 0 Å². The van der Waals surface area contributed by atoms with Gasteiger partial charge in [0.2, 0.25) is 6.08 Å². The number of isocyanates is 1. The first-order valence-corrected chi connectivity index (χ1v) is 5.84. The van der Waals surface area contributed by atoms with E-state index < -0.39 is 9.28 Å². The highest BCUT2D eigenvalue weighted by molar-refractivity contribution is 6.50. The molecule has 86 valence electrons. The summed E-state index contributed by atoms with van der Waals surface area (Å²) >= 11 is 0. The molecule has 15 heavy (non-hydrogen) atoms. The molecule has 0 aliphatic carbocycles. The maximum atomic E-state index is 10.6. The molecule has 0 heterocycles. The van der Waals surface area contributed by atoms with Gasteiger partial charge in [0.05, 0.1) is 0 Å². The maximum absolute atomic E-state index is 10.6. The topological polar surface area (TPSA) is 93.5 Å². The SMILES string of the molecule is CC(=O)O[SiH](OC(C)=O)C(C)C.N=C=O. The standard InChI is InChI=1S/C7H14O4Si.CHNO/c1-5(2)12(10-6(3)8)11-7(4)9;2-1-3/h5,12H,1-4H3;2H. The fourth-order valence-corrected chi connectivity index (χ4v) is 1.87. The number of carbonyl (C=O) groups excluding carboxylic acids is 3. The smallest absolute Gasteiger partial charge is 0.450 e. The van der Waals surface area contributed by atoms with Crippen LogP contribution in [0.15, 0.2) is 0 Å². The third-order valence-corrected chi connectivity index (χ3v) is 3.33. The minimum Gasteiger partial charge on any atom is -0.487 e. The lowest BCUT2D eigenvalue weighted by molar-refractivity contribution is -0.137. The molecule has 0 saturated carbocycles. The summed E-state index contributed by atoms with van der Waals surface area (Å²) in [5.74, 6) is -0.775. The Balaban J connectivity index is 0. The lowest BCUT2D eigenvalue weighted by Gasteiger charge is -2.17. The average molecular weight is 233 g/mol. The number of carbonyl (C=O) groups is 2. The number of rotatable bonds is 3. The van der Waals surface area contributed by atoms with Crippen molar-refractivity contribution in [2.75, 3.05) is 0 Å². The monoisotopic (exact) mass is 233 g/mol. The Labute approximate surface area is 89.9 Å². The molecule has 0 atom stereocenters. The minimum atomic E-state index is -2.12. The Bertz CT molecular complexity index is 231. The van der Waals surface area contributed by atoms with Crippen LogP contribution in [0.4, 0.5) is 0 Å². The fourth-order valence-electron chi connectivity index (χ4n) is 0.623. The molecule has 0 aliphatic heterocycles. The van der Waals surface area contributed by atoms with Crippen molar-refractivity contribution < 1.29 is 23.2 Å². The molecule has 0 rings (SSSR count). The molecule has 0 bridgehead atoms. The molecule has 6 nitrogen and oxygen atoms in total. The molecular weight excluding hydrogens is 218 g/mol. The van der Waals surface area contributed by atoms with Crippen molar-refractivity contribution in [1.82, 2.24) is 0 Å². The summed E-state index contributed by atoms with van der Waals surface area (Å²) in [6, 6.07) is 0. The Morgan fingerprint density at radius 2 is 1.47 bits per heavy atom. The van der Waals surface area contributed by atoms with Gasteiger partial charge in [0.15, 0.2) is 0 Å². The zero-order chi connectivity index (χ0) is 12.4. The average Bonchev–Trinajstić information content (AvgIpc) is 2.02. The molecule has 0 unspecified atom stereocenters. The first-order chi connectivity index (χ1) is 6.84. The predicted molar refractivity (Wildman–Crippen MR) is 54.2 cm³/mol. The van der Waals surface area contributed by atoms with Gasteiger partial charge in [0.25, 0.3) is 11.9 Å². The van der Waals surface area contributed by atoms with E-state index in [1.54, 1.807) is 0 Å². The number of hydrogen-bond donors (Lipinski definition) is 1. The Hall–Kier alpha value is -1.46. The van der Waals surface area contributed by atoms with Gasteiger partial charge in [-0.25, -0.2) is 10.2 Å². The zero-order valence-corrected chi connectivity index (χ0v) is 10.4. The van der Waals surface area contributed by atoms with Crippen LogP contribution in [0, 0.1) is 5.41 Å². The van der Waals surface area contributed by atoms with Gasteiger partial charge in [-0.05, 0) is 0 Å². The van der Waals surface area contributed by atoms with Gasteiger partial charge in [-0.3, -0.25) is 9.59 Å². The second-order valence-corrected chi connectivity index (χ2v) is 5.47. The van der Waals surface area contributed by atoms with Gasteiger partial charge >= 0.3 is 9.28 Å². The van der Waals surface area contributed by atoms with Gasteiger partial charge in [-0.1, -0.05) is 13.8 Å². The highest BCUT2D eigenvalue weighted by Crippen LogP contribution is 2.10. The summed E-state index contributed by atoms with van der Waals surface area (Å²) in [4.78, 5) is 29.5. The highest BCUT2D eigenvalue weighted by atomic mass is 28.3. The van der Waals surface area contributed by atoms with Crippen molar-refractivity contribution in [2.45, 2.75) is 33.2 Å². The van der Waals surface area contributed by atoms with E-state index in [9.17, 15) is 9.59 Å². The minimum absolute atomic E-state index is 0.109. The fraction of sp³-hybridized carbons (Fsp3) is 0.625. The lowest BCUT2D eigenvalue weighted by Crippen LogP contribution is -2.30. The Kier molecular flexibility index (Phi) is 9.70. The molecule has 0 saturated heterocycles. The maximum Gasteiger partial charge on any atom is 0.450 e. The second kappa shape index (κ2) is 9.11. The van der Waals surface area contributed by atoms with Crippen molar-refractivity contribution in [3.05, 3.63) is 0 Å². The molecule has 0 aromatic carbocycles. The molecular formula is C8H15NO5Si. The molecule has 0 amide bonds. The summed E-state index contributed by atoms with van der Waals surface area (Å²) in [5.41, 5.74) is 0.109. The van der Waals surface area contributed by atoms with Gasteiger partial charge < -0.3 is 8.85 Å². The molecule has 7 heteroatoms. The summed E-state index contributed by atoms with van der Waals surface area (Å²) in [7, 11) is -2.12. The first kappa shape index (κ1) is 16.0. The number of hydrogen-bond acceptors (Lipinski definition) is 6. The Morgan fingerprint density at radius 3 is 1.60 bits per heavy atom. The van der Waals surface area contributed by atoms with Gasteiger partial charge in [0, 0.05) is 19.4 Å². The van der Waals surface area contributed by atoms with Crippen LogP contribution in [-0.2, 0) is 23.2 Å². The Morgan fingerprint density at radius 1 is 1.20 bits per heavy atom. The highest BCUT2D eigenvalue weighted by Gasteiger charge is 2.24. The van der Waals surface area contributed by atoms with Gasteiger partial charge in [-0.15, -0.1) is 0 Å². The van der Waals surface area contributed by atoms with Gasteiger partial charge in [0.1, 0.15) is 0 Å². The van der Waals surface area contributed by atoms with E-state index in [1.165, 1.54) is 13.8 Å². The van der Waals surface area contributed by atoms with Crippen LogP contribution in [0.3, 0.4) is 0 Å². The normalized spacial score (nSPS) is 8.67. The third kappa shape index (κ3) is 12.5. The largest absolute Gasteiger partial charge is 0.487 e. The van der Waals surface area contributed by atoms with E-state index in [0.717, 1.165) is 6.08 Å². The third-order valence-electron chi connectivity index (χ3n) is 1.11. The van der Waals surface area contributed by atoms with Crippen LogP contribution < -0.4 is 0 Å². The van der Waals surface area contributed by atoms with E-state index in [1.807, 2.05) is 13.8 Å². The van der Waals surface area contributed by atoms with Crippen LogP contribution in [0.25, 0.3) is 0 Å². The van der Waals surface area contributed by atoms with Crippen LogP contribution in [0.2, 0.25) is 5.54 Å². The van der Waals surface area contributed by atoms with Crippen LogP contribution in [0.5, 0.6) is 0 Å². The van der Waals surface area contributed by atoms with E-state index in [4.69, 9.17) is 19.1 Å². The van der Waals surface area contributed by atoms with E-state index >= 15 is 0 Å². The van der Waals surface area contributed by atoms with Crippen LogP contribution in [-0.4, -0.2) is 27.3 Å². The summed E-state index contributed by atoms with van der Waals surface area (Å²) in [6.45, 7) is 6.35. The van der Waals surface area contributed by atoms with E-state index in [-0.39, 0.29) is 17.5 Å². The first-order valence-electron chi connectivity index (χ1n) is 4.23. The van der Waals surface area contributed by atoms with Crippen molar-refractivity contribution in [3.63, 3.8) is 0 Å². The summed E-state index contributed by atoms with van der Waals surface area (Å²) < 4.78 is 9.76. The predicted octanol–water partition coefficient (Wildman–Crippen LogP) is 0.644. The van der Waals surface area contributed by atoms with Gasteiger partial charge in [-0.2, -0.15) is 0 Å². The lowest BCUT2D eigenvalue weighted by atomic mass is 10.6. The zero-order valence-electron chi connectivity index (χ0n) is 9.20. The van der Waals surface area contributed by atoms with Crippen molar-refractivity contribution in [2.24, 2.45) is 0 Å². The summed E-state index contributed by atoms with van der Waals surface area (Å²) in [5, 5.41) is 5.40. The molecule has 0 aromatic heterocycles. The van der Waals surface area contributed by atoms with E-state index in [0.29, 0.717) is 0 Å². The molecule has 1 N–H and O–H groups in total. The van der Waals surface area contributed by atoms with Crippen molar-refractivity contribution in [3.8, 4) is 0 Å². The number of nitrogens with one attached hydrogen (secondary N) is 1. The van der Waals surface area contributed by atoms with E-state index in [2.05, 4.69) is 0 Å². The molecule has 0 aliphatic rings. The van der Waals surface area contributed by atoms with Crippen molar-refractivity contribution >= 4 is 27.3 Å². The quantitative estimate of drug-likeness (QED) is 0.438. The summed E-state index contributed by atoms with van der Waals surface area (Å²) in [6.07, 6.45) is 0.750. The molecule has 0 aromatic rings. The molecule has 0 fully saturated rings. The van der Waals surface area contributed by atoms with Crippen LogP contribution in [0.1, 0.15) is 27.7 Å². The van der Waals surface area contributed by atoms with Crippen molar-refractivity contribution in [1.29, 1.82) is 5.41 Å². The second-order valence-electron chi connectivity index (χ2n) is 2.93. The molecule has 0 spiro atoms. The molecule has 0 radical (unpaired) electrons.